The topological polar surface area (TPSA) is 29.5 Å². The van der Waals surface area contributed by atoms with Crippen LogP contribution in [0.3, 0.4) is 0 Å². The Balaban J connectivity index is 2.96. The van der Waals surface area contributed by atoms with Crippen LogP contribution in [0.15, 0.2) is 22.7 Å². The molecule has 1 amide bonds. The van der Waals surface area contributed by atoms with Gasteiger partial charge in [0.2, 0.25) is 0 Å². The third kappa shape index (κ3) is 3.26. The fraction of sp³-hybridized carbons (Fsp3) is 0.417. The fourth-order valence-electron chi connectivity index (χ4n) is 1.43. The van der Waals surface area contributed by atoms with Gasteiger partial charge in [-0.3, -0.25) is 4.79 Å². The molecule has 0 saturated heterocycles. The van der Waals surface area contributed by atoms with E-state index in [4.69, 9.17) is 4.74 Å². The van der Waals surface area contributed by atoms with Crippen LogP contribution in [0.2, 0.25) is 0 Å². The van der Waals surface area contributed by atoms with Crippen molar-refractivity contribution in [3.8, 4) is 0 Å². The Bertz CT molecular complexity index is 391. The molecule has 0 aliphatic heterocycles. The highest BCUT2D eigenvalue weighted by Gasteiger charge is 2.22. The molecule has 1 aromatic rings. The van der Waals surface area contributed by atoms with Gasteiger partial charge in [-0.05, 0) is 35.0 Å². The summed E-state index contributed by atoms with van der Waals surface area (Å²) in [5.41, 5.74) is 0.0537. The third-order valence-corrected chi connectivity index (χ3v) is 3.23. The molecular weight excluding hydrogens is 289 g/mol. The Hall–Kier alpha value is -0.940. The molecule has 0 fully saturated rings. The smallest absolute Gasteiger partial charge is 0.258 e. The van der Waals surface area contributed by atoms with Crippen LogP contribution in [0.1, 0.15) is 17.3 Å². The molecule has 5 heteroatoms. The lowest BCUT2D eigenvalue weighted by molar-refractivity contribution is 0.0628. The van der Waals surface area contributed by atoms with E-state index in [1.54, 1.807) is 26.3 Å². The second-order valence-corrected chi connectivity index (χ2v) is 4.67. The van der Waals surface area contributed by atoms with Crippen molar-refractivity contribution in [1.82, 2.24) is 4.90 Å². The summed E-state index contributed by atoms with van der Waals surface area (Å²) >= 11 is 3.19. The van der Waals surface area contributed by atoms with E-state index in [9.17, 15) is 9.18 Å². The van der Waals surface area contributed by atoms with Crippen LogP contribution in [0.4, 0.5) is 4.39 Å². The van der Waals surface area contributed by atoms with E-state index in [2.05, 4.69) is 15.9 Å². The van der Waals surface area contributed by atoms with Crippen LogP contribution in [0, 0.1) is 5.82 Å². The zero-order chi connectivity index (χ0) is 13.0. The zero-order valence-electron chi connectivity index (χ0n) is 10.0. The summed E-state index contributed by atoms with van der Waals surface area (Å²) in [5, 5.41) is 0. The molecule has 0 aliphatic rings. The van der Waals surface area contributed by atoms with Crippen molar-refractivity contribution in [2.75, 3.05) is 20.8 Å². The number of methoxy groups -OCH3 is 1. The van der Waals surface area contributed by atoms with Crippen molar-refractivity contribution in [1.29, 1.82) is 0 Å². The average molecular weight is 304 g/mol. The van der Waals surface area contributed by atoms with E-state index in [-0.39, 0.29) is 17.5 Å². The monoisotopic (exact) mass is 303 g/mol. The Morgan fingerprint density at radius 1 is 1.59 bits per heavy atom. The van der Waals surface area contributed by atoms with Gasteiger partial charge in [0.05, 0.1) is 18.2 Å². The standard InChI is InChI=1S/C12H15BrFNO2/c1-8(7-17-3)15(2)12(16)11-9(13)5-4-6-10(11)14/h4-6,8H,7H2,1-3H3. The molecule has 0 aromatic heterocycles. The van der Waals surface area contributed by atoms with E-state index >= 15 is 0 Å². The summed E-state index contributed by atoms with van der Waals surface area (Å²) < 4.78 is 19.0. The number of benzene rings is 1. The molecule has 1 unspecified atom stereocenters. The number of carbonyl (C=O) groups is 1. The number of amides is 1. The van der Waals surface area contributed by atoms with Gasteiger partial charge < -0.3 is 9.64 Å². The Morgan fingerprint density at radius 2 is 2.24 bits per heavy atom. The summed E-state index contributed by atoms with van der Waals surface area (Å²) in [5.74, 6) is -0.889. The van der Waals surface area contributed by atoms with Gasteiger partial charge in [-0.2, -0.15) is 0 Å². The third-order valence-electron chi connectivity index (χ3n) is 2.57. The molecule has 0 bridgehead atoms. The minimum Gasteiger partial charge on any atom is -0.383 e. The fourth-order valence-corrected chi connectivity index (χ4v) is 1.94. The van der Waals surface area contributed by atoms with Crippen molar-refractivity contribution >= 4 is 21.8 Å². The maximum atomic E-state index is 13.6. The van der Waals surface area contributed by atoms with E-state index < -0.39 is 5.82 Å². The van der Waals surface area contributed by atoms with Crippen LogP contribution in [-0.2, 0) is 4.74 Å². The summed E-state index contributed by atoms with van der Waals surface area (Å²) in [6.07, 6.45) is 0. The number of carbonyl (C=O) groups excluding carboxylic acids is 1. The SMILES string of the molecule is COCC(C)N(C)C(=O)c1c(F)cccc1Br. The lowest BCUT2D eigenvalue weighted by Crippen LogP contribution is -2.38. The van der Waals surface area contributed by atoms with Gasteiger partial charge >= 0.3 is 0 Å². The van der Waals surface area contributed by atoms with Gasteiger partial charge in [-0.25, -0.2) is 4.39 Å². The second-order valence-electron chi connectivity index (χ2n) is 3.82. The number of hydrogen-bond donors (Lipinski definition) is 0. The quantitative estimate of drug-likeness (QED) is 0.856. The van der Waals surface area contributed by atoms with Crippen LogP contribution in [0.5, 0.6) is 0 Å². The highest BCUT2D eigenvalue weighted by atomic mass is 79.9. The lowest BCUT2D eigenvalue weighted by atomic mass is 10.1. The first-order chi connectivity index (χ1) is 7.99. The highest BCUT2D eigenvalue weighted by Crippen LogP contribution is 2.21. The number of hydrogen-bond acceptors (Lipinski definition) is 2. The molecule has 94 valence electrons. The van der Waals surface area contributed by atoms with Crippen LogP contribution < -0.4 is 0 Å². The summed E-state index contributed by atoms with van der Waals surface area (Å²) in [4.78, 5) is 13.6. The van der Waals surface area contributed by atoms with Crippen molar-refractivity contribution in [2.45, 2.75) is 13.0 Å². The predicted molar refractivity (Wildman–Crippen MR) is 67.5 cm³/mol. The minimum absolute atomic E-state index is 0.0537. The normalized spacial score (nSPS) is 12.3. The lowest BCUT2D eigenvalue weighted by Gasteiger charge is -2.24. The summed E-state index contributed by atoms with van der Waals surface area (Å²) in [6, 6.07) is 4.35. The zero-order valence-corrected chi connectivity index (χ0v) is 11.6. The number of nitrogens with zero attached hydrogens (tertiary/aromatic N) is 1. The number of ether oxygens (including phenoxy) is 1. The maximum Gasteiger partial charge on any atom is 0.258 e. The van der Waals surface area contributed by atoms with Gasteiger partial charge in [0.15, 0.2) is 0 Å². The van der Waals surface area contributed by atoms with E-state index in [0.29, 0.717) is 11.1 Å². The first-order valence-corrected chi connectivity index (χ1v) is 5.98. The van der Waals surface area contributed by atoms with E-state index in [1.807, 2.05) is 6.92 Å². The first kappa shape index (κ1) is 14.1. The first-order valence-electron chi connectivity index (χ1n) is 5.19. The van der Waals surface area contributed by atoms with Gasteiger partial charge in [-0.1, -0.05) is 6.07 Å². The molecule has 0 radical (unpaired) electrons. The summed E-state index contributed by atoms with van der Waals surface area (Å²) in [6.45, 7) is 2.25. The van der Waals surface area contributed by atoms with E-state index in [0.717, 1.165) is 0 Å². The van der Waals surface area contributed by atoms with Crippen molar-refractivity contribution in [2.24, 2.45) is 0 Å². The van der Waals surface area contributed by atoms with Crippen molar-refractivity contribution in [3.63, 3.8) is 0 Å². The van der Waals surface area contributed by atoms with Gasteiger partial charge in [0.1, 0.15) is 5.82 Å². The molecule has 1 aromatic carbocycles. The molecule has 0 aliphatic carbocycles. The number of halogens is 2. The molecule has 1 atom stereocenters. The molecule has 1 rings (SSSR count). The molecular formula is C12H15BrFNO2. The second kappa shape index (κ2) is 6.12. The Labute approximate surface area is 109 Å². The number of rotatable bonds is 4. The molecule has 17 heavy (non-hydrogen) atoms. The molecule has 0 saturated carbocycles. The Morgan fingerprint density at radius 3 is 2.76 bits per heavy atom. The molecule has 0 N–H and O–H groups in total. The van der Waals surface area contributed by atoms with Crippen molar-refractivity contribution < 1.29 is 13.9 Å². The number of likely N-dealkylation sites (N-methyl/N-ethyl adjacent to an activating group) is 1. The molecule has 0 heterocycles. The van der Waals surface area contributed by atoms with Crippen LogP contribution in [0.25, 0.3) is 0 Å². The van der Waals surface area contributed by atoms with Gasteiger partial charge in [0.25, 0.3) is 5.91 Å². The van der Waals surface area contributed by atoms with Crippen molar-refractivity contribution in [3.05, 3.63) is 34.1 Å². The minimum atomic E-state index is -0.527. The molecule has 0 spiro atoms. The van der Waals surface area contributed by atoms with E-state index in [1.165, 1.54) is 11.0 Å². The molecule has 3 nitrogen and oxygen atoms in total. The van der Waals surface area contributed by atoms with Gasteiger partial charge in [-0.15, -0.1) is 0 Å². The van der Waals surface area contributed by atoms with Crippen LogP contribution in [-0.4, -0.2) is 37.6 Å². The van der Waals surface area contributed by atoms with Gasteiger partial charge in [0, 0.05) is 18.6 Å². The largest absolute Gasteiger partial charge is 0.383 e. The highest BCUT2D eigenvalue weighted by molar-refractivity contribution is 9.10. The average Bonchev–Trinajstić information content (AvgIpc) is 2.27. The van der Waals surface area contributed by atoms with Crippen LogP contribution >= 0.6 is 15.9 Å². The predicted octanol–water partition coefficient (Wildman–Crippen LogP) is 2.70. The Kier molecular flexibility index (Phi) is 5.08. The summed E-state index contributed by atoms with van der Waals surface area (Å²) in [7, 11) is 3.19. The maximum absolute atomic E-state index is 13.6.